The van der Waals surface area contributed by atoms with Gasteiger partial charge in [-0.1, -0.05) is 39.1 Å². The predicted molar refractivity (Wildman–Crippen MR) is 165 cm³/mol. The summed E-state index contributed by atoms with van der Waals surface area (Å²) in [6.45, 7) is 7.57. The van der Waals surface area contributed by atoms with E-state index >= 15 is 0 Å². The molecule has 0 radical (unpaired) electrons. The van der Waals surface area contributed by atoms with Crippen LogP contribution in [0, 0.1) is 0 Å². The summed E-state index contributed by atoms with van der Waals surface area (Å²) in [6.07, 6.45) is 0. The van der Waals surface area contributed by atoms with E-state index in [0.717, 1.165) is 63.5 Å². The highest BCUT2D eigenvalue weighted by Crippen LogP contribution is 2.05. The monoisotopic (exact) mass is 567 g/mol. The van der Waals surface area contributed by atoms with E-state index in [1.165, 1.54) is 0 Å². The number of hydrogen-bond acceptors (Lipinski definition) is 9. The van der Waals surface area contributed by atoms with Gasteiger partial charge in [0.05, 0.1) is 19.6 Å². The maximum atomic E-state index is 12.5. The van der Waals surface area contributed by atoms with Crippen LogP contribution in [0.2, 0.25) is 0 Å². The summed E-state index contributed by atoms with van der Waals surface area (Å²) in [7, 11) is 7.55. The molecule has 40 heavy (non-hydrogen) atoms. The van der Waals surface area contributed by atoms with Crippen LogP contribution in [0.25, 0.3) is 0 Å². The van der Waals surface area contributed by atoms with Crippen molar-refractivity contribution in [3.05, 3.63) is 35.4 Å². The van der Waals surface area contributed by atoms with Crippen molar-refractivity contribution < 1.29 is 14.4 Å². The number of nitrogens with zero attached hydrogens (tertiary/aromatic N) is 2. The highest BCUT2D eigenvalue weighted by Gasteiger charge is 2.12. The molecule has 0 heterocycles. The zero-order chi connectivity index (χ0) is 28.0. The minimum atomic E-state index is -0.253. The summed E-state index contributed by atoms with van der Waals surface area (Å²) in [6, 6.07) is 7.73. The molecule has 3 amide bonds. The van der Waals surface area contributed by atoms with E-state index in [2.05, 4.69) is 42.1 Å². The van der Waals surface area contributed by atoms with Crippen LogP contribution in [0.4, 0.5) is 0 Å². The molecule has 12 nitrogen and oxygen atoms in total. The lowest BCUT2D eigenvalue weighted by Gasteiger charge is -2.21. The minimum Gasteiger partial charge on any atom is -0.351 e. The van der Waals surface area contributed by atoms with Crippen LogP contribution in [0.15, 0.2) is 24.3 Å². The van der Waals surface area contributed by atoms with Crippen LogP contribution in [-0.4, -0.2) is 128 Å². The highest BCUT2D eigenvalue weighted by molar-refractivity contribution is 5.85. The van der Waals surface area contributed by atoms with Gasteiger partial charge in [-0.15, -0.1) is 0 Å². The molecule has 0 spiro atoms. The van der Waals surface area contributed by atoms with Crippen LogP contribution in [0.3, 0.4) is 0 Å². The lowest BCUT2D eigenvalue weighted by Crippen LogP contribution is -2.44. The molecule has 1 rings (SSSR count). The minimum absolute atomic E-state index is 0. The molecule has 0 fully saturated rings. The number of amides is 3. The number of carbonyl (C=O) groups is 3. The van der Waals surface area contributed by atoms with Crippen molar-refractivity contribution in [1.82, 2.24) is 47.0 Å². The predicted octanol–water partition coefficient (Wildman–Crippen LogP) is -1.21. The van der Waals surface area contributed by atoms with Gasteiger partial charge in [0, 0.05) is 65.4 Å². The largest absolute Gasteiger partial charge is 0.351 e. The maximum absolute atomic E-state index is 12.5. The molecule has 0 saturated carbocycles. The fourth-order valence-electron chi connectivity index (χ4n) is 3.63. The second kappa shape index (κ2) is 25.4. The van der Waals surface area contributed by atoms with Crippen molar-refractivity contribution in [2.45, 2.75) is 27.9 Å². The van der Waals surface area contributed by atoms with Gasteiger partial charge in [-0.3, -0.25) is 24.2 Å². The fourth-order valence-corrected chi connectivity index (χ4v) is 3.63. The van der Waals surface area contributed by atoms with Crippen molar-refractivity contribution in [2.75, 3.05) is 100 Å². The first kappa shape index (κ1) is 39.5. The second-order valence-electron chi connectivity index (χ2n) is 9.12. The molecule has 0 aliphatic carbocycles. The van der Waals surface area contributed by atoms with E-state index in [-0.39, 0.29) is 45.7 Å². The Morgan fingerprint density at radius 2 is 0.975 bits per heavy atom. The van der Waals surface area contributed by atoms with E-state index in [1.54, 1.807) is 0 Å². The third-order valence-electron chi connectivity index (χ3n) is 5.86. The van der Waals surface area contributed by atoms with Crippen LogP contribution in [0.1, 0.15) is 26.0 Å². The molecular formula is C28H57N9O3. The molecule has 0 saturated heterocycles. The maximum Gasteiger partial charge on any atom is 0.239 e. The lowest BCUT2D eigenvalue weighted by molar-refractivity contribution is -0.126. The summed E-state index contributed by atoms with van der Waals surface area (Å²) >= 11 is 0. The number of hydrogen-bond donors (Lipinski definition) is 7. The van der Waals surface area contributed by atoms with Gasteiger partial charge in [-0.05, 0) is 39.3 Å². The van der Waals surface area contributed by atoms with Crippen molar-refractivity contribution in [3.63, 3.8) is 0 Å². The Hall–Kier alpha value is -2.61. The number of carbonyl (C=O) groups excluding carboxylic acids is 3. The van der Waals surface area contributed by atoms with E-state index in [1.807, 2.05) is 57.4 Å². The molecule has 0 aliphatic rings. The zero-order valence-corrected chi connectivity index (χ0v) is 23.6. The summed E-state index contributed by atoms with van der Waals surface area (Å²) in [5.41, 5.74) is 1.88. The van der Waals surface area contributed by atoms with Gasteiger partial charge in [0.25, 0.3) is 0 Å². The van der Waals surface area contributed by atoms with E-state index in [4.69, 9.17) is 0 Å². The summed E-state index contributed by atoms with van der Waals surface area (Å²) in [4.78, 5) is 41.2. The van der Waals surface area contributed by atoms with Crippen LogP contribution in [-0.2, 0) is 27.5 Å². The molecule has 0 aliphatic heterocycles. The van der Waals surface area contributed by atoms with Crippen molar-refractivity contribution >= 4 is 17.7 Å². The Balaban J connectivity index is 0. The smallest absolute Gasteiger partial charge is 0.239 e. The number of nitrogens with one attached hydrogen (secondary N) is 7. The number of likely N-dealkylation sites (N-methyl/N-ethyl adjacent to an activating group) is 4. The topological polar surface area (TPSA) is 142 Å². The van der Waals surface area contributed by atoms with E-state index in [9.17, 15) is 14.4 Å². The third-order valence-corrected chi connectivity index (χ3v) is 5.86. The normalized spacial score (nSPS) is 10.6. The standard InChI is InChI=1S/C26H49N9O3.2CH4/c1-27-8-12-34(13-9-28-2)20-25(37)32-18-23-7-5-6-22(16-23)17-31-24(36)19-33-26(38)21-35(14-10-29-3)15-11-30-4;;/h5-7,16,27-30H,8-15,17-21H2,1-4H3,(H,31,36)(H,32,37)(H,33,38);2*1H4. The van der Waals surface area contributed by atoms with Crippen LogP contribution < -0.4 is 37.2 Å². The van der Waals surface area contributed by atoms with Gasteiger partial charge < -0.3 is 37.2 Å². The van der Waals surface area contributed by atoms with Gasteiger partial charge in [0.15, 0.2) is 0 Å². The first-order valence-electron chi connectivity index (χ1n) is 13.3. The Morgan fingerprint density at radius 1 is 0.600 bits per heavy atom. The Kier molecular flexibility index (Phi) is 25.1. The van der Waals surface area contributed by atoms with E-state index in [0.29, 0.717) is 19.6 Å². The number of benzene rings is 1. The van der Waals surface area contributed by atoms with Crippen molar-refractivity contribution in [3.8, 4) is 0 Å². The Morgan fingerprint density at radius 3 is 1.38 bits per heavy atom. The molecule has 0 aromatic heterocycles. The van der Waals surface area contributed by atoms with Gasteiger partial charge in [0.1, 0.15) is 0 Å². The van der Waals surface area contributed by atoms with Crippen LogP contribution in [0.5, 0.6) is 0 Å². The summed E-state index contributed by atoms with van der Waals surface area (Å²) < 4.78 is 0. The number of rotatable bonds is 22. The van der Waals surface area contributed by atoms with Crippen molar-refractivity contribution in [1.29, 1.82) is 0 Å². The third kappa shape index (κ3) is 19.4. The second-order valence-corrected chi connectivity index (χ2v) is 9.12. The first-order valence-corrected chi connectivity index (χ1v) is 13.3. The van der Waals surface area contributed by atoms with Gasteiger partial charge >= 0.3 is 0 Å². The Labute approximate surface area is 242 Å². The SMILES string of the molecule is C.C.CNCCN(CCNC)CC(=O)NCC(=O)NCc1cccc(CNC(=O)CN(CCNC)CCNC)c1. The van der Waals surface area contributed by atoms with Crippen molar-refractivity contribution in [2.24, 2.45) is 0 Å². The van der Waals surface area contributed by atoms with Gasteiger partial charge in [-0.25, -0.2) is 0 Å². The molecule has 0 unspecified atom stereocenters. The average Bonchev–Trinajstić information content (AvgIpc) is 2.92. The zero-order valence-electron chi connectivity index (χ0n) is 23.6. The highest BCUT2D eigenvalue weighted by atomic mass is 16.2. The molecule has 0 bridgehead atoms. The van der Waals surface area contributed by atoms with Gasteiger partial charge in [-0.2, -0.15) is 0 Å². The quantitative estimate of drug-likeness (QED) is 0.0919. The van der Waals surface area contributed by atoms with Crippen LogP contribution >= 0.6 is 0 Å². The van der Waals surface area contributed by atoms with Gasteiger partial charge in [0.2, 0.25) is 17.7 Å². The van der Waals surface area contributed by atoms with E-state index < -0.39 is 0 Å². The first-order chi connectivity index (χ1) is 18.4. The average molecular weight is 568 g/mol. The molecule has 1 aromatic carbocycles. The summed E-state index contributed by atoms with van der Waals surface area (Å²) in [5, 5.41) is 20.9. The lowest BCUT2D eigenvalue weighted by atomic mass is 10.1. The summed E-state index contributed by atoms with van der Waals surface area (Å²) in [5.74, 6) is -0.458. The molecule has 232 valence electrons. The fraction of sp³-hybridized carbons (Fsp3) is 0.679. The molecule has 1 aromatic rings. The molecule has 7 N–H and O–H groups in total. The Bertz CT molecular complexity index is 795. The molecule has 12 heteroatoms. The molecular weight excluding hydrogens is 510 g/mol. The molecule has 0 atom stereocenters.